The van der Waals surface area contributed by atoms with E-state index in [0.29, 0.717) is 46.7 Å². The normalized spacial score (nSPS) is 18.6. The van der Waals surface area contributed by atoms with E-state index in [4.69, 9.17) is 18.9 Å². The second-order valence-corrected chi connectivity index (χ2v) is 9.76. The number of aromatic amines is 1. The van der Waals surface area contributed by atoms with Gasteiger partial charge in [0.15, 0.2) is 5.82 Å². The number of furan rings is 1. The van der Waals surface area contributed by atoms with Crippen molar-refractivity contribution in [1.29, 1.82) is 0 Å². The first-order chi connectivity index (χ1) is 20.0. The van der Waals surface area contributed by atoms with Gasteiger partial charge in [0, 0.05) is 18.0 Å². The van der Waals surface area contributed by atoms with Gasteiger partial charge in [-0.3, -0.25) is 9.78 Å². The Kier molecular flexibility index (Phi) is 7.23. The van der Waals surface area contributed by atoms with Gasteiger partial charge in [-0.05, 0) is 61.5 Å². The zero-order valence-electron chi connectivity index (χ0n) is 22.0. The van der Waals surface area contributed by atoms with Crippen LogP contribution in [-0.2, 0) is 20.8 Å². The minimum absolute atomic E-state index is 0.0973. The monoisotopic (exact) mass is 555 g/mol. The Balaban J connectivity index is 1.24. The summed E-state index contributed by atoms with van der Waals surface area (Å²) in [6.07, 6.45) is 5.57. The number of aromatic nitrogens is 5. The fraction of sp³-hybridized carbons (Fsp3) is 0.207. The molecule has 11 nitrogen and oxygen atoms in total. The van der Waals surface area contributed by atoms with Gasteiger partial charge < -0.3 is 29.5 Å². The van der Waals surface area contributed by atoms with E-state index in [1.165, 1.54) is 12.1 Å². The van der Waals surface area contributed by atoms with E-state index in [-0.39, 0.29) is 24.9 Å². The fourth-order valence-electron chi connectivity index (χ4n) is 4.28. The average molecular weight is 556 g/mol. The van der Waals surface area contributed by atoms with Crippen molar-refractivity contribution in [1.82, 2.24) is 24.9 Å². The minimum Gasteiger partial charge on any atom is -0.467 e. The smallest absolute Gasteiger partial charge is 0.235 e. The van der Waals surface area contributed by atoms with Crippen molar-refractivity contribution in [2.45, 2.75) is 19.8 Å². The lowest BCUT2D eigenvalue weighted by molar-refractivity contribution is -0.229. The molecule has 12 heteroatoms. The van der Waals surface area contributed by atoms with E-state index in [1.54, 1.807) is 68.2 Å². The molecule has 1 aliphatic heterocycles. The number of H-pyrrole nitrogens is 1. The van der Waals surface area contributed by atoms with E-state index in [1.807, 2.05) is 6.07 Å². The Morgan fingerprint density at radius 1 is 1.07 bits per heavy atom. The Labute approximate surface area is 234 Å². The van der Waals surface area contributed by atoms with Crippen LogP contribution < -0.4 is 10.6 Å². The highest BCUT2D eigenvalue weighted by Gasteiger charge is 2.41. The summed E-state index contributed by atoms with van der Waals surface area (Å²) in [6, 6.07) is 14.9. The number of benzene rings is 1. The van der Waals surface area contributed by atoms with Gasteiger partial charge in [-0.2, -0.15) is 0 Å². The zero-order valence-corrected chi connectivity index (χ0v) is 22.0. The van der Waals surface area contributed by atoms with Crippen LogP contribution in [0.5, 0.6) is 0 Å². The number of hydrogen-bond acceptors (Lipinski definition) is 9. The number of nitrogens with zero attached hydrogens (tertiary/aromatic N) is 4. The van der Waals surface area contributed by atoms with Crippen molar-refractivity contribution in [2.24, 2.45) is 5.41 Å². The molecule has 5 heterocycles. The molecule has 0 bridgehead atoms. The van der Waals surface area contributed by atoms with Crippen LogP contribution in [0.2, 0.25) is 0 Å². The largest absolute Gasteiger partial charge is 0.467 e. The molecule has 1 amide bonds. The number of halogens is 1. The average Bonchev–Trinajstić information content (AvgIpc) is 3.69. The standard InChI is InChI=1S/C29H26FN7O4/c1-29(27(38)34-20-4-2-11-31-14-20)16-40-26(41-17-29)25-36-23(18-6-8-19(30)9-7-18)24(37-25)22-10-12-32-28(35-22)33-15-21-5-3-13-39-21/h2-14,26H,15-17H2,1H3,(H,34,38)(H,36,37)(H,32,33,35). The van der Waals surface area contributed by atoms with Gasteiger partial charge in [0.1, 0.15) is 11.6 Å². The van der Waals surface area contributed by atoms with E-state index in [2.05, 4.69) is 30.6 Å². The molecule has 0 aliphatic carbocycles. The van der Waals surface area contributed by atoms with Crippen molar-refractivity contribution in [3.05, 3.63) is 96.9 Å². The summed E-state index contributed by atoms with van der Waals surface area (Å²) >= 11 is 0. The number of nitrogens with one attached hydrogen (secondary N) is 3. The third kappa shape index (κ3) is 5.83. The van der Waals surface area contributed by atoms with Crippen LogP contribution in [0, 0.1) is 11.2 Å². The van der Waals surface area contributed by atoms with Crippen LogP contribution in [0.3, 0.4) is 0 Å². The Hall–Kier alpha value is -4.94. The third-order valence-electron chi connectivity index (χ3n) is 6.55. The molecule has 6 rings (SSSR count). The summed E-state index contributed by atoms with van der Waals surface area (Å²) in [4.78, 5) is 34.0. The first-order valence-electron chi connectivity index (χ1n) is 12.9. The molecule has 1 aromatic carbocycles. The van der Waals surface area contributed by atoms with Gasteiger partial charge in [0.25, 0.3) is 0 Å². The summed E-state index contributed by atoms with van der Waals surface area (Å²) in [6.45, 7) is 2.37. The maximum atomic E-state index is 13.7. The molecular formula is C29H26FN7O4. The maximum Gasteiger partial charge on any atom is 0.235 e. The lowest BCUT2D eigenvalue weighted by Gasteiger charge is -2.35. The van der Waals surface area contributed by atoms with Gasteiger partial charge in [0.05, 0.1) is 60.4 Å². The van der Waals surface area contributed by atoms with Crippen LogP contribution in [-0.4, -0.2) is 44.0 Å². The summed E-state index contributed by atoms with van der Waals surface area (Å²) < 4.78 is 31.1. The first kappa shape index (κ1) is 26.3. The van der Waals surface area contributed by atoms with Crippen molar-refractivity contribution in [2.75, 3.05) is 23.8 Å². The van der Waals surface area contributed by atoms with Gasteiger partial charge in [-0.25, -0.2) is 19.3 Å². The number of pyridine rings is 1. The first-order valence-corrected chi connectivity index (χ1v) is 12.9. The Morgan fingerprint density at radius 2 is 1.90 bits per heavy atom. The molecule has 1 fully saturated rings. The zero-order chi connectivity index (χ0) is 28.2. The molecule has 0 unspecified atom stereocenters. The van der Waals surface area contributed by atoms with E-state index in [9.17, 15) is 9.18 Å². The Bertz CT molecular complexity index is 1620. The predicted molar refractivity (Wildman–Crippen MR) is 147 cm³/mol. The van der Waals surface area contributed by atoms with Gasteiger partial charge in [0.2, 0.25) is 18.1 Å². The van der Waals surface area contributed by atoms with Crippen LogP contribution >= 0.6 is 0 Å². The second kappa shape index (κ2) is 11.3. The van der Waals surface area contributed by atoms with Crippen molar-refractivity contribution >= 4 is 17.5 Å². The predicted octanol–water partition coefficient (Wildman–Crippen LogP) is 4.96. The van der Waals surface area contributed by atoms with E-state index in [0.717, 1.165) is 5.76 Å². The summed E-state index contributed by atoms with van der Waals surface area (Å²) in [5, 5.41) is 5.99. The number of carbonyl (C=O) groups is 1. The molecule has 0 radical (unpaired) electrons. The molecule has 0 saturated carbocycles. The van der Waals surface area contributed by atoms with Crippen LogP contribution in [0.15, 0.2) is 83.9 Å². The van der Waals surface area contributed by atoms with Crippen molar-refractivity contribution in [3.63, 3.8) is 0 Å². The SMILES string of the molecule is CC1(C(=O)Nc2cccnc2)COC(c2nc(-c3ccc(F)cc3)c(-c3ccnc(NCc4ccco4)n3)[nH]2)OC1. The van der Waals surface area contributed by atoms with E-state index < -0.39 is 11.7 Å². The van der Waals surface area contributed by atoms with Crippen molar-refractivity contribution in [3.8, 4) is 22.6 Å². The topological polar surface area (TPSA) is 140 Å². The maximum absolute atomic E-state index is 13.7. The summed E-state index contributed by atoms with van der Waals surface area (Å²) in [5.41, 5.74) is 1.99. The molecule has 3 N–H and O–H groups in total. The number of carbonyl (C=O) groups excluding carboxylic acids is 1. The van der Waals surface area contributed by atoms with Gasteiger partial charge in [-0.1, -0.05) is 0 Å². The summed E-state index contributed by atoms with van der Waals surface area (Å²) in [7, 11) is 0. The lowest BCUT2D eigenvalue weighted by atomic mass is 9.91. The van der Waals surface area contributed by atoms with Crippen LogP contribution in [0.1, 0.15) is 24.8 Å². The number of rotatable bonds is 8. The molecule has 41 heavy (non-hydrogen) atoms. The molecule has 0 spiro atoms. The Morgan fingerprint density at radius 3 is 2.63 bits per heavy atom. The minimum atomic E-state index is -0.928. The number of imidazole rings is 1. The highest BCUT2D eigenvalue weighted by Crippen LogP contribution is 2.36. The van der Waals surface area contributed by atoms with Crippen LogP contribution in [0.4, 0.5) is 16.0 Å². The van der Waals surface area contributed by atoms with Gasteiger partial charge in [-0.15, -0.1) is 0 Å². The number of amides is 1. The van der Waals surface area contributed by atoms with Gasteiger partial charge >= 0.3 is 0 Å². The molecule has 1 aliphatic rings. The van der Waals surface area contributed by atoms with E-state index >= 15 is 0 Å². The molecular weight excluding hydrogens is 529 g/mol. The quantitative estimate of drug-likeness (QED) is 0.242. The molecule has 5 aromatic rings. The second-order valence-electron chi connectivity index (χ2n) is 9.76. The number of anilines is 2. The third-order valence-corrected chi connectivity index (χ3v) is 6.55. The highest BCUT2D eigenvalue weighted by atomic mass is 19.1. The number of hydrogen-bond donors (Lipinski definition) is 3. The molecule has 208 valence electrons. The van der Waals surface area contributed by atoms with Crippen LogP contribution in [0.25, 0.3) is 22.6 Å². The number of ether oxygens (including phenoxy) is 2. The van der Waals surface area contributed by atoms with Crippen molar-refractivity contribution < 1.29 is 23.1 Å². The molecule has 4 aromatic heterocycles. The fourth-order valence-corrected chi connectivity index (χ4v) is 4.28. The molecule has 1 saturated heterocycles. The highest BCUT2D eigenvalue weighted by molar-refractivity contribution is 5.95. The molecule has 0 atom stereocenters. The summed E-state index contributed by atoms with van der Waals surface area (Å²) in [5.74, 6) is 0.910. The lowest BCUT2D eigenvalue weighted by Crippen LogP contribution is -2.45.